The summed E-state index contributed by atoms with van der Waals surface area (Å²) in [7, 11) is 1.67. The summed E-state index contributed by atoms with van der Waals surface area (Å²) in [4.78, 5) is 16.6. The Morgan fingerprint density at radius 3 is 2.33 bits per heavy atom. The molecule has 0 bridgehead atoms. The van der Waals surface area contributed by atoms with Gasteiger partial charge in [0.2, 0.25) is 0 Å². The average molecular weight is 370 g/mol. The topological polar surface area (TPSA) is 51.2 Å². The van der Waals surface area contributed by atoms with Crippen LogP contribution in [0.2, 0.25) is 0 Å². The monoisotopic (exact) mass is 370 g/mol. The van der Waals surface area contributed by atoms with E-state index in [1.54, 1.807) is 7.11 Å². The number of ether oxygens (including phenoxy) is 3. The molecule has 1 aliphatic heterocycles. The number of amides is 1. The van der Waals surface area contributed by atoms with Crippen LogP contribution in [-0.4, -0.2) is 57.3 Å². The first kappa shape index (κ1) is 18.9. The van der Waals surface area contributed by atoms with Crippen LogP contribution in [0.5, 0.6) is 17.2 Å². The molecule has 0 atom stereocenters. The normalized spacial score (nSPS) is 14.0. The summed E-state index contributed by atoms with van der Waals surface area (Å²) in [6, 6.07) is 15.4. The minimum atomic E-state index is -0.00778. The maximum atomic E-state index is 12.5. The summed E-state index contributed by atoms with van der Waals surface area (Å²) in [6.07, 6.45) is 0. The lowest BCUT2D eigenvalue weighted by Crippen LogP contribution is -2.50. The zero-order valence-electron chi connectivity index (χ0n) is 15.9. The van der Waals surface area contributed by atoms with Gasteiger partial charge in [0.05, 0.1) is 13.7 Å². The highest BCUT2D eigenvalue weighted by Crippen LogP contribution is 2.26. The van der Waals surface area contributed by atoms with Crippen LogP contribution in [0.4, 0.5) is 5.69 Å². The van der Waals surface area contributed by atoms with Gasteiger partial charge in [-0.25, -0.2) is 0 Å². The van der Waals surface area contributed by atoms with Crippen molar-refractivity contribution in [2.75, 3.05) is 51.4 Å². The minimum absolute atomic E-state index is 0.00778. The molecule has 1 amide bonds. The zero-order valence-corrected chi connectivity index (χ0v) is 15.9. The van der Waals surface area contributed by atoms with Gasteiger partial charge < -0.3 is 24.0 Å². The van der Waals surface area contributed by atoms with Crippen LogP contribution in [0.15, 0.2) is 48.5 Å². The Bertz CT molecular complexity index is 757. The van der Waals surface area contributed by atoms with E-state index in [0.29, 0.717) is 31.2 Å². The third kappa shape index (κ3) is 4.84. The van der Waals surface area contributed by atoms with Gasteiger partial charge in [0.25, 0.3) is 5.91 Å². The Balaban J connectivity index is 1.51. The number of anilines is 1. The molecule has 0 aliphatic carbocycles. The molecule has 0 radical (unpaired) electrons. The van der Waals surface area contributed by atoms with Gasteiger partial charge in [-0.2, -0.15) is 0 Å². The highest BCUT2D eigenvalue weighted by Gasteiger charge is 2.22. The molecule has 1 fully saturated rings. The summed E-state index contributed by atoms with van der Waals surface area (Å²) < 4.78 is 16.5. The number of carbonyl (C=O) groups is 1. The van der Waals surface area contributed by atoms with E-state index in [9.17, 15) is 4.79 Å². The Morgan fingerprint density at radius 1 is 0.963 bits per heavy atom. The smallest absolute Gasteiger partial charge is 0.260 e. The number of piperazine rings is 1. The maximum Gasteiger partial charge on any atom is 0.260 e. The molecule has 0 N–H and O–H groups in total. The standard InChI is InChI=1S/C21H26N2O4/c1-3-26-19-9-4-5-10-20(19)27-16-21(24)23-13-11-22(12-14-23)17-7-6-8-18(15-17)25-2/h4-10,15H,3,11-14,16H2,1-2H3. The van der Waals surface area contributed by atoms with Gasteiger partial charge in [-0.1, -0.05) is 18.2 Å². The number of hydrogen-bond acceptors (Lipinski definition) is 5. The summed E-state index contributed by atoms with van der Waals surface area (Å²) in [5.41, 5.74) is 1.11. The molecule has 2 aromatic carbocycles. The van der Waals surface area contributed by atoms with E-state index < -0.39 is 0 Å². The fraction of sp³-hybridized carbons (Fsp3) is 0.381. The van der Waals surface area contributed by atoms with Crippen LogP contribution < -0.4 is 19.1 Å². The molecule has 3 rings (SSSR count). The summed E-state index contributed by atoms with van der Waals surface area (Å²) in [5.74, 6) is 2.09. The van der Waals surface area contributed by atoms with Gasteiger partial charge in [0.15, 0.2) is 18.1 Å². The highest BCUT2D eigenvalue weighted by molar-refractivity contribution is 5.78. The average Bonchev–Trinajstić information content (AvgIpc) is 2.73. The minimum Gasteiger partial charge on any atom is -0.497 e. The Morgan fingerprint density at radius 2 is 1.67 bits per heavy atom. The first-order valence-electron chi connectivity index (χ1n) is 9.22. The van der Waals surface area contributed by atoms with E-state index in [4.69, 9.17) is 14.2 Å². The number of benzene rings is 2. The fourth-order valence-electron chi connectivity index (χ4n) is 3.10. The summed E-state index contributed by atoms with van der Waals surface area (Å²) >= 11 is 0. The van der Waals surface area contributed by atoms with Crippen molar-refractivity contribution in [3.05, 3.63) is 48.5 Å². The molecule has 0 aromatic heterocycles. The van der Waals surface area contributed by atoms with E-state index in [2.05, 4.69) is 11.0 Å². The largest absolute Gasteiger partial charge is 0.497 e. The lowest BCUT2D eigenvalue weighted by Gasteiger charge is -2.36. The maximum absolute atomic E-state index is 12.5. The van der Waals surface area contributed by atoms with Crippen LogP contribution in [0, 0.1) is 0 Å². The van der Waals surface area contributed by atoms with Crippen molar-refractivity contribution >= 4 is 11.6 Å². The molecule has 1 heterocycles. The van der Waals surface area contributed by atoms with E-state index in [1.807, 2.05) is 54.3 Å². The quantitative estimate of drug-likeness (QED) is 0.750. The van der Waals surface area contributed by atoms with Gasteiger partial charge in [-0.05, 0) is 31.2 Å². The number of nitrogens with zero attached hydrogens (tertiary/aromatic N) is 2. The second kappa shape index (κ2) is 9.16. The Kier molecular flexibility index (Phi) is 6.41. The third-order valence-corrected chi connectivity index (χ3v) is 4.55. The lowest BCUT2D eigenvalue weighted by atomic mass is 10.2. The van der Waals surface area contributed by atoms with E-state index in [-0.39, 0.29) is 12.5 Å². The molecule has 0 spiro atoms. The van der Waals surface area contributed by atoms with Crippen LogP contribution in [-0.2, 0) is 4.79 Å². The van der Waals surface area contributed by atoms with Crippen molar-refractivity contribution in [3.63, 3.8) is 0 Å². The summed E-state index contributed by atoms with van der Waals surface area (Å²) in [5, 5.41) is 0. The summed E-state index contributed by atoms with van der Waals surface area (Å²) in [6.45, 7) is 5.41. The predicted molar refractivity (Wildman–Crippen MR) is 105 cm³/mol. The van der Waals surface area contributed by atoms with Crippen LogP contribution in [0.3, 0.4) is 0 Å². The molecule has 0 saturated carbocycles. The molecular weight excluding hydrogens is 344 g/mol. The lowest BCUT2D eigenvalue weighted by molar-refractivity contribution is -0.133. The molecule has 1 saturated heterocycles. The van der Waals surface area contributed by atoms with Crippen LogP contribution >= 0.6 is 0 Å². The highest BCUT2D eigenvalue weighted by atomic mass is 16.5. The van der Waals surface area contributed by atoms with Gasteiger partial charge in [-0.3, -0.25) is 4.79 Å². The predicted octanol–water partition coefficient (Wildman–Crippen LogP) is 2.82. The number of carbonyl (C=O) groups excluding carboxylic acids is 1. The number of methoxy groups -OCH3 is 1. The number of para-hydroxylation sites is 2. The SMILES string of the molecule is CCOc1ccccc1OCC(=O)N1CCN(c2cccc(OC)c2)CC1. The van der Waals surface area contributed by atoms with Crippen molar-refractivity contribution < 1.29 is 19.0 Å². The van der Waals surface area contributed by atoms with Gasteiger partial charge in [0.1, 0.15) is 5.75 Å². The zero-order chi connectivity index (χ0) is 19.1. The van der Waals surface area contributed by atoms with Crippen molar-refractivity contribution in [1.82, 2.24) is 4.90 Å². The molecule has 6 nitrogen and oxygen atoms in total. The van der Waals surface area contributed by atoms with Crippen molar-refractivity contribution in [1.29, 1.82) is 0 Å². The number of rotatable bonds is 7. The van der Waals surface area contributed by atoms with Gasteiger partial charge >= 0.3 is 0 Å². The Labute approximate surface area is 160 Å². The third-order valence-electron chi connectivity index (χ3n) is 4.55. The van der Waals surface area contributed by atoms with Gasteiger partial charge in [-0.15, -0.1) is 0 Å². The molecule has 1 aliphatic rings. The first-order valence-corrected chi connectivity index (χ1v) is 9.22. The van der Waals surface area contributed by atoms with E-state index in [1.165, 1.54) is 0 Å². The van der Waals surface area contributed by atoms with E-state index >= 15 is 0 Å². The molecular formula is C21H26N2O4. The molecule has 144 valence electrons. The Hall–Kier alpha value is -2.89. The number of hydrogen-bond donors (Lipinski definition) is 0. The molecule has 0 unspecified atom stereocenters. The van der Waals surface area contributed by atoms with Crippen molar-refractivity contribution in [2.45, 2.75) is 6.92 Å². The van der Waals surface area contributed by atoms with Gasteiger partial charge in [0, 0.05) is 37.9 Å². The first-order chi connectivity index (χ1) is 13.2. The second-order valence-corrected chi connectivity index (χ2v) is 6.24. The van der Waals surface area contributed by atoms with Crippen LogP contribution in [0.25, 0.3) is 0 Å². The van der Waals surface area contributed by atoms with Crippen LogP contribution in [0.1, 0.15) is 6.92 Å². The van der Waals surface area contributed by atoms with Crippen molar-refractivity contribution in [2.24, 2.45) is 0 Å². The van der Waals surface area contributed by atoms with Crippen molar-refractivity contribution in [3.8, 4) is 17.2 Å². The fourth-order valence-corrected chi connectivity index (χ4v) is 3.10. The second-order valence-electron chi connectivity index (χ2n) is 6.24. The van der Waals surface area contributed by atoms with E-state index in [0.717, 1.165) is 24.5 Å². The molecule has 6 heteroatoms. The molecule has 2 aromatic rings. The molecule has 27 heavy (non-hydrogen) atoms.